The number of ether oxygens (including phenoxy) is 1. The van der Waals surface area contributed by atoms with Gasteiger partial charge in [0.05, 0.1) is 18.2 Å². The number of anilines is 1. The predicted molar refractivity (Wildman–Crippen MR) is 107 cm³/mol. The Balaban J connectivity index is 1.99. The molecule has 1 N–H and O–H groups in total. The van der Waals surface area contributed by atoms with E-state index in [9.17, 15) is 4.79 Å². The average molecular weight is 362 g/mol. The van der Waals surface area contributed by atoms with Crippen LogP contribution >= 0.6 is 0 Å². The summed E-state index contributed by atoms with van der Waals surface area (Å²) in [4.78, 5) is 24.2. The Morgan fingerprint density at radius 1 is 1.15 bits per heavy atom. The third-order valence-corrected chi connectivity index (χ3v) is 4.99. The summed E-state index contributed by atoms with van der Waals surface area (Å²) in [6, 6.07) is 5.82. The van der Waals surface area contributed by atoms with Crippen molar-refractivity contribution >= 4 is 22.5 Å². The molecule has 0 saturated carbocycles. The summed E-state index contributed by atoms with van der Waals surface area (Å²) in [6.07, 6.45) is 3.37. The van der Waals surface area contributed by atoms with Crippen LogP contribution in [0, 0.1) is 6.92 Å². The molecule has 1 aliphatic carbocycles. The fourth-order valence-corrected chi connectivity index (χ4v) is 3.62. The lowest BCUT2D eigenvalue weighted by Gasteiger charge is -2.16. The van der Waals surface area contributed by atoms with Crippen molar-refractivity contribution in [1.29, 1.82) is 0 Å². The zero-order valence-corrected chi connectivity index (χ0v) is 16.0. The quantitative estimate of drug-likeness (QED) is 0.588. The largest absolute Gasteiger partial charge is 0.496 e. The van der Waals surface area contributed by atoms with E-state index in [-0.39, 0.29) is 5.78 Å². The van der Waals surface area contributed by atoms with Crippen molar-refractivity contribution in [1.82, 2.24) is 14.9 Å². The molecule has 0 atom stereocenters. The Hall–Kier alpha value is -2.99. The second-order valence-corrected chi connectivity index (χ2v) is 6.98. The molecule has 6 nitrogen and oxygen atoms in total. The minimum Gasteiger partial charge on any atom is -0.496 e. The van der Waals surface area contributed by atoms with Crippen LogP contribution in [-0.2, 0) is 0 Å². The van der Waals surface area contributed by atoms with Crippen molar-refractivity contribution in [3.05, 3.63) is 47.3 Å². The van der Waals surface area contributed by atoms with Crippen molar-refractivity contribution < 1.29 is 9.53 Å². The van der Waals surface area contributed by atoms with E-state index in [1.54, 1.807) is 19.5 Å². The van der Waals surface area contributed by atoms with Gasteiger partial charge in [-0.3, -0.25) is 9.78 Å². The number of nitrogens with zero attached hydrogens (tertiary/aromatic N) is 3. The van der Waals surface area contributed by atoms with Gasteiger partial charge in [0.1, 0.15) is 11.6 Å². The number of benzene rings is 1. The van der Waals surface area contributed by atoms with E-state index in [1.165, 1.54) is 0 Å². The van der Waals surface area contributed by atoms with Gasteiger partial charge in [-0.05, 0) is 44.8 Å². The van der Waals surface area contributed by atoms with Gasteiger partial charge >= 0.3 is 0 Å². The van der Waals surface area contributed by atoms with E-state index in [1.807, 2.05) is 39.2 Å². The molecule has 3 aromatic rings. The lowest BCUT2D eigenvalue weighted by atomic mass is 9.99. The first kappa shape index (κ1) is 17.4. The molecule has 4 rings (SSSR count). The Bertz CT molecular complexity index is 1060. The molecule has 0 spiro atoms. The Morgan fingerprint density at radius 3 is 2.70 bits per heavy atom. The summed E-state index contributed by atoms with van der Waals surface area (Å²) >= 11 is 0. The Morgan fingerprint density at radius 2 is 1.96 bits per heavy atom. The van der Waals surface area contributed by atoms with Gasteiger partial charge in [0.15, 0.2) is 5.78 Å². The van der Waals surface area contributed by atoms with Crippen LogP contribution in [0.4, 0.5) is 5.82 Å². The maximum Gasteiger partial charge on any atom is 0.199 e. The number of fused-ring (bicyclic) bond motifs is 5. The highest BCUT2D eigenvalue weighted by Crippen LogP contribution is 2.44. The number of hydrogen-bond acceptors (Lipinski definition) is 6. The second kappa shape index (κ2) is 6.63. The third kappa shape index (κ3) is 2.73. The summed E-state index contributed by atoms with van der Waals surface area (Å²) in [5, 5.41) is 4.32. The Kier molecular flexibility index (Phi) is 4.28. The molecule has 0 fully saturated rings. The summed E-state index contributed by atoms with van der Waals surface area (Å²) in [5.74, 6) is 1.38. The lowest BCUT2D eigenvalue weighted by Crippen LogP contribution is -2.22. The van der Waals surface area contributed by atoms with Crippen molar-refractivity contribution in [2.45, 2.75) is 6.92 Å². The number of methoxy groups -OCH3 is 1. The van der Waals surface area contributed by atoms with Gasteiger partial charge in [0.2, 0.25) is 0 Å². The predicted octanol–water partition coefficient (Wildman–Crippen LogP) is 3.13. The van der Waals surface area contributed by atoms with Gasteiger partial charge in [-0.15, -0.1) is 0 Å². The number of pyridine rings is 2. The van der Waals surface area contributed by atoms with Crippen molar-refractivity contribution in [2.24, 2.45) is 0 Å². The standard InChI is InChI=1S/C21H22N4O2/c1-12-16(27-4)6-5-14-17-13-7-8-22-11-15(13)20(26)18(17)21(24-19(12)14)23-9-10-25(2)3/h5-8,11H,9-10H2,1-4H3,(H,23,24). The average Bonchev–Trinajstić information content (AvgIpc) is 2.96. The molecule has 0 amide bonds. The zero-order valence-electron chi connectivity index (χ0n) is 16.0. The number of hydrogen-bond donors (Lipinski definition) is 1. The molecular formula is C21H22N4O2. The molecule has 2 aromatic heterocycles. The number of likely N-dealkylation sites (N-methyl/N-ethyl adjacent to an activating group) is 1. The topological polar surface area (TPSA) is 67.3 Å². The first-order valence-electron chi connectivity index (χ1n) is 8.92. The van der Waals surface area contributed by atoms with E-state index < -0.39 is 0 Å². The molecule has 6 heteroatoms. The van der Waals surface area contributed by atoms with Crippen molar-refractivity contribution in [3.8, 4) is 16.9 Å². The number of ketones is 1. The SMILES string of the molecule is COc1ccc2c3c(c(NCCN(C)C)nc2c1C)C(=O)c1cnccc1-3. The molecule has 0 bridgehead atoms. The number of aryl methyl sites for hydroxylation is 1. The maximum absolute atomic E-state index is 13.1. The molecule has 27 heavy (non-hydrogen) atoms. The number of carbonyl (C=O) groups is 1. The van der Waals surface area contributed by atoms with Gasteiger partial charge in [0.25, 0.3) is 0 Å². The summed E-state index contributed by atoms with van der Waals surface area (Å²) < 4.78 is 5.47. The lowest BCUT2D eigenvalue weighted by molar-refractivity contribution is 0.104. The normalized spacial score (nSPS) is 12.4. The van der Waals surface area contributed by atoms with E-state index in [4.69, 9.17) is 9.72 Å². The molecule has 0 saturated heterocycles. The first-order valence-corrected chi connectivity index (χ1v) is 8.92. The molecule has 138 valence electrons. The van der Waals surface area contributed by atoms with E-state index in [0.29, 0.717) is 23.5 Å². The minimum atomic E-state index is -0.0247. The van der Waals surface area contributed by atoms with Crippen molar-refractivity contribution in [3.63, 3.8) is 0 Å². The van der Waals surface area contributed by atoms with Crippen LogP contribution in [-0.4, -0.2) is 54.9 Å². The molecule has 0 unspecified atom stereocenters. The third-order valence-electron chi connectivity index (χ3n) is 4.99. The van der Waals surface area contributed by atoms with E-state index in [0.717, 1.165) is 39.9 Å². The Labute approximate surface area is 158 Å². The van der Waals surface area contributed by atoms with Gasteiger partial charge in [-0.2, -0.15) is 0 Å². The molecule has 0 radical (unpaired) electrons. The van der Waals surface area contributed by atoms with Crippen LogP contribution in [0.1, 0.15) is 21.5 Å². The summed E-state index contributed by atoms with van der Waals surface area (Å²) in [7, 11) is 5.69. The second-order valence-electron chi connectivity index (χ2n) is 6.98. The van der Waals surface area contributed by atoms with Crippen LogP contribution < -0.4 is 10.1 Å². The highest BCUT2D eigenvalue weighted by Gasteiger charge is 2.32. The number of carbonyl (C=O) groups excluding carboxylic acids is 1. The number of aromatic nitrogens is 2. The van der Waals surface area contributed by atoms with Gasteiger partial charge in [0, 0.05) is 47.6 Å². The number of rotatable bonds is 5. The summed E-state index contributed by atoms with van der Waals surface area (Å²) in [5.41, 5.74) is 4.92. The first-order chi connectivity index (χ1) is 13.0. The number of nitrogens with one attached hydrogen (secondary N) is 1. The zero-order chi connectivity index (χ0) is 19.1. The van der Waals surface area contributed by atoms with Crippen LogP contribution in [0.3, 0.4) is 0 Å². The van der Waals surface area contributed by atoms with Gasteiger partial charge < -0.3 is 15.0 Å². The van der Waals surface area contributed by atoms with Crippen LogP contribution in [0.5, 0.6) is 5.75 Å². The monoisotopic (exact) mass is 362 g/mol. The molecule has 1 aromatic carbocycles. The highest BCUT2D eigenvalue weighted by atomic mass is 16.5. The smallest absolute Gasteiger partial charge is 0.199 e. The van der Waals surface area contributed by atoms with Crippen LogP contribution in [0.15, 0.2) is 30.6 Å². The van der Waals surface area contributed by atoms with Gasteiger partial charge in [-0.1, -0.05) is 0 Å². The highest BCUT2D eigenvalue weighted by molar-refractivity contribution is 6.28. The van der Waals surface area contributed by atoms with E-state index >= 15 is 0 Å². The van der Waals surface area contributed by atoms with E-state index in [2.05, 4.69) is 15.2 Å². The molecule has 0 aliphatic heterocycles. The van der Waals surface area contributed by atoms with Crippen LogP contribution in [0.2, 0.25) is 0 Å². The molecular weight excluding hydrogens is 340 g/mol. The van der Waals surface area contributed by atoms with Crippen LogP contribution in [0.25, 0.3) is 22.0 Å². The van der Waals surface area contributed by atoms with Crippen molar-refractivity contribution in [2.75, 3.05) is 39.6 Å². The van der Waals surface area contributed by atoms with Gasteiger partial charge in [-0.25, -0.2) is 4.98 Å². The fourth-order valence-electron chi connectivity index (χ4n) is 3.62. The minimum absolute atomic E-state index is 0.0247. The fraction of sp³-hybridized carbons (Fsp3) is 0.286. The maximum atomic E-state index is 13.1. The summed E-state index contributed by atoms with van der Waals surface area (Å²) in [6.45, 7) is 3.53. The molecule has 1 aliphatic rings. The molecule has 2 heterocycles.